The number of halogens is 4. The van der Waals surface area contributed by atoms with E-state index in [1.807, 2.05) is 0 Å². The number of esters is 1. The van der Waals surface area contributed by atoms with Crippen molar-refractivity contribution in [1.82, 2.24) is 4.72 Å². The lowest BCUT2D eigenvalue weighted by Crippen LogP contribution is -2.39. The highest BCUT2D eigenvalue weighted by atomic mass is 32.2. The van der Waals surface area contributed by atoms with E-state index in [2.05, 4.69) is 4.74 Å². The molecule has 0 spiro atoms. The van der Waals surface area contributed by atoms with Gasteiger partial charge in [0.15, 0.2) is 0 Å². The third-order valence-corrected chi connectivity index (χ3v) is 3.68. The molecule has 1 rings (SSSR count). The van der Waals surface area contributed by atoms with Crippen molar-refractivity contribution in [3.05, 3.63) is 35.6 Å². The van der Waals surface area contributed by atoms with Crippen LogP contribution in [0.25, 0.3) is 0 Å². The molecule has 1 aromatic carbocycles. The van der Waals surface area contributed by atoms with Gasteiger partial charge >= 0.3 is 21.5 Å². The normalized spacial score (nSPS) is 13.8. The smallest absolute Gasteiger partial charge is 0.469 e. The van der Waals surface area contributed by atoms with Gasteiger partial charge < -0.3 is 4.74 Å². The van der Waals surface area contributed by atoms with E-state index in [-0.39, 0.29) is 5.56 Å². The van der Waals surface area contributed by atoms with E-state index in [1.165, 1.54) is 4.72 Å². The molecule has 0 saturated heterocycles. The summed E-state index contributed by atoms with van der Waals surface area (Å²) in [7, 11) is -4.66. The Hall–Kier alpha value is -1.68. The zero-order valence-corrected chi connectivity index (χ0v) is 11.5. The maximum absolute atomic E-state index is 12.8. The number of methoxy groups -OCH3 is 1. The van der Waals surface area contributed by atoms with Gasteiger partial charge in [0.2, 0.25) is 0 Å². The maximum atomic E-state index is 12.8. The number of rotatable bonds is 5. The predicted octanol–water partition coefficient (Wildman–Crippen LogP) is 1.87. The summed E-state index contributed by atoms with van der Waals surface area (Å²) in [5, 5.41) is 0. The topological polar surface area (TPSA) is 72.5 Å². The molecule has 0 radical (unpaired) electrons. The third-order valence-electron chi connectivity index (χ3n) is 2.47. The lowest BCUT2D eigenvalue weighted by molar-refractivity contribution is -0.141. The Morgan fingerprint density at radius 1 is 1.29 bits per heavy atom. The summed E-state index contributed by atoms with van der Waals surface area (Å²) in [4.78, 5) is 11.2. The zero-order chi connectivity index (χ0) is 16.3. The van der Waals surface area contributed by atoms with Crippen molar-refractivity contribution in [2.24, 2.45) is 0 Å². The van der Waals surface area contributed by atoms with Crippen molar-refractivity contribution < 1.29 is 35.5 Å². The lowest BCUT2D eigenvalue weighted by atomic mass is 10.1. The van der Waals surface area contributed by atoms with Gasteiger partial charge in [0.1, 0.15) is 5.82 Å². The molecule has 0 fully saturated rings. The van der Waals surface area contributed by atoms with Crippen LogP contribution in [0.1, 0.15) is 18.0 Å². The second kappa shape index (κ2) is 6.39. The number of hydrogen-bond acceptors (Lipinski definition) is 4. The highest BCUT2D eigenvalue weighted by Crippen LogP contribution is 2.26. The van der Waals surface area contributed by atoms with E-state index in [0.29, 0.717) is 0 Å². The van der Waals surface area contributed by atoms with Gasteiger partial charge in [-0.1, -0.05) is 12.1 Å². The van der Waals surface area contributed by atoms with Gasteiger partial charge in [-0.15, -0.1) is 0 Å². The Kier molecular flexibility index (Phi) is 5.29. The van der Waals surface area contributed by atoms with Gasteiger partial charge in [-0.05, 0) is 17.7 Å². The van der Waals surface area contributed by atoms with Gasteiger partial charge in [0, 0.05) is 0 Å². The number of ether oxygens (including phenoxy) is 1. The van der Waals surface area contributed by atoms with Crippen molar-refractivity contribution in [1.29, 1.82) is 0 Å². The molecule has 5 nitrogen and oxygen atoms in total. The van der Waals surface area contributed by atoms with Crippen LogP contribution in [0.3, 0.4) is 0 Å². The van der Waals surface area contributed by atoms with Crippen LogP contribution in [0, 0.1) is 5.82 Å². The fourth-order valence-corrected chi connectivity index (χ4v) is 2.15. The summed E-state index contributed by atoms with van der Waals surface area (Å²) in [6.07, 6.45) is -0.669. The molecule has 10 heteroatoms. The quantitative estimate of drug-likeness (QED) is 0.661. The molecule has 0 aliphatic heterocycles. The largest absolute Gasteiger partial charge is 0.511 e. The summed E-state index contributed by atoms with van der Waals surface area (Å²) in [5.41, 5.74) is -5.53. The van der Waals surface area contributed by atoms with Crippen molar-refractivity contribution in [3.8, 4) is 0 Å². The van der Waals surface area contributed by atoms with E-state index in [4.69, 9.17) is 0 Å². The van der Waals surface area contributed by atoms with Crippen molar-refractivity contribution in [2.45, 2.75) is 18.0 Å². The van der Waals surface area contributed by atoms with Crippen LogP contribution in [0.2, 0.25) is 0 Å². The predicted molar refractivity (Wildman–Crippen MR) is 63.9 cm³/mol. The second-order valence-electron chi connectivity index (χ2n) is 3.95. The molecule has 0 aliphatic rings. The van der Waals surface area contributed by atoms with Crippen LogP contribution >= 0.6 is 0 Å². The molecule has 0 bridgehead atoms. The third kappa shape index (κ3) is 4.67. The highest BCUT2D eigenvalue weighted by molar-refractivity contribution is 7.90. The first kappa shape index (κ1) is 17.4. The Balaban J connectivity index is 3.09. The van der Waals surface area contributed by atoms with Crippen molar-refractivity contribution >= 4 is 16.0 Å². The van der Waals surface area contributed by atoms with Gasteiger partial charge in [0.25, 0.3) is 0 Å². The number of benzene rings is 1. The minimum atomic E-state index is -5.66. The molecule has 1 aromatic rings. The van der Waals surface area contributed by atoms with E-state index in [0.717, 1.165) is 31.4 Å². The molecule has 0 saturated carbocycles. The Morgan fingerprint density at radius 2 is 1.81 bits per heavy atom. The molecule has 0 aliphatic carbocycles. The van der Waals surface area contributed by atoms with Crippen LogP contribution in [-0.4, -0.2) is 27.0 Å². The summed E-state index contributed by atoms with van der Waals surface area (Å²) in [5.74, 6) is -1.58. The minimum absolute atomic E-state index is 0.00498. The van der Waals surface area contributed by atoms with Crippen LogP contribution in [0.15, 0.2) is 24.3 Å². The highest BCUT2D eigenvalue weighted by Gasteiger charge is 2.47. The lowest BCUT2D eigenvalue weighted by Gasteiger charge is -2.19. The Bertz CT molecular complexity index is 598. The van der Waals surface area contributed by atoms with Crippen LogP contribution in [0.5, 0.6) is 0 Å². The van der Waals surface area contributed by atoms with E-state index in [9.17, 15) is 30.8 Å². The Morgan fingerprint density at radius 3 is 2.24 bits per heavy atom. The summed E-state index contributed by atoms with van der Waals surface area (Å²) in [6, 6.07) is 2.48. The van der Waals surface area contributed by atoms with Crippen LogP contribution < -0.4 is 4.72 Å². The molecule has 0 heterocycles. The molecule has 21 heavy (non-hydrogen) atoms. The summed E-state index contributed by atoms with van der Waals surface area (Å²) < 4.78 is 77.8. The number of nitrogens with one attached hydrogen (secondary N) is 1. The number of hydrogen-bond donors (Lipinski definition) is 1. The first-order chi connectivity index (χ1) is 9.56. The molecular formula is C11H11F4NO4S. The molecule has 1 N–H and O–H groups in total. The fraction of sp³-hybridized carbons (Fsp3) is 0.364. The van der Waals surface area contributed by atoms with Crippen LogP contribution in [-0.2, 0) is 19.6 Å². The average Bonchev–Trinajstić information content (AvgIpc) is 2.37. The molecular weight excluding hydrogens is 318 g/mol. The molecule has 0 aromatic heterocycles. The number of sulfonamides is 1. The number of carbonyl (C=O) groups is 1. The monoisotopic (exact) mass is 329 g/mol. The number of alkyl halides is 3. The first-order valence-electron chi connectivity index (χ1n) is 5.47. The average molecular weight is 329 g/mol. The van der Waals surface area contributed by atoms with Crippen molar-refractivity contribution in [2.75, 3.05) is 7.11 Å². The van der Waals surface area contributed by atoms with E-state index >= 15 is 0 Å². The van der Waals surface area contributed by atoms with Crippen LogP contribution in [0.4, 0.5) is 17.6 Å². The first-order valence-corrected chi connectivity index (χ1v) is 6.96. The number of carbonyl (C=O) groups excluding carboxylic acids is 1. The standard InChI is InChI=1S/C11H11F4NO4S/c1-20-10(17)6-9(7-2-4-8(12)5-3-7)16-21(18,19)11(13,14)15/h2-5,9,16H,6H2,1H3/t9-/m0/s1. The van der Waals surface area contributed by atoms with E-state index in [1.54, 1.807) is 0 Å². The summed E-state index contributed by atoms with van der Waals surface area (Å²) >= 11 is 0. The fourth-order valence-electron chi connectivity index (χ4n) is 1.43. The summed E-state index contributed by atoms with van der Waals surface area (Å²) in [6.45, 7) is 0. The second-order valence-corrected chi connectivity index (χ2v) is 5.66. The zero-order valence-electron chi connectivity index (χ0n) is 10.6. The molecule has 0 unspecified atom stereocenters. The van der Waals surface area contributed by atoms with Crippen molar-refractivity contribution in [3.63, 3.8) is 0 Å². The van der Waals surface area contributed by atoms with Gasteiger partial charge in [-0.25, -0.2) is 12.8 Å². The van der Waals surface area contributed by atoms with Gasteiger partial charge in [-0.2, -0.15) is 17.9 Å². The molecule has 0 amide bonds. The molecule has 1 atom stereocenters. The minimum Gasteiger partial charge on any atom is -0.469 e. The van der Waals surface area contributed by atoms with Gasteiger partial charge in [0.05, 0.1) is 19.6 Å². The van der Waals surface area contributed by atoms with Gasteiger partial charge in [-0.3, -0.25) is 4.79 Å². The van der Waals surface area contributed by atoms with E-state index < -0.39 is 39.8 Å². The SMILES string of the molecule is COC(=O)C[C@H](NS(=O)(=O)C(F)(F)F)c1ccc(F)cc1. The maximum Gasteiger partial charge on any atom is 0.511 e. The Labute approximate surface area is 118 Å². The molecule has 118 valence electrons.